The zero-order chi connectivity index (χ0) is 10.9. The molecule has 76 valence electrons. The molecule has 0 unspecified atom stereocenters. The number of carbonyl (C=O) groups is 1. The van der Waals surface area contributed by atoms with Gasteiger partial charge in [0.05, 0.1) is 5.02 Å². The third-order valence-electron chi connectivity index (χ3n) is 1.71. The summed E-state index contributed by atoms with van der Waals surface area (Å²) in [6.45, 7) is 1.06. The number of Topliss-reactive ketones (excluding diaryl/α,β-unsaturated/α-hetero) is 1. The van der Waals surface area contributed by atoms with Crippen LogP contribution >= 0.6 is 11.6 Å². The van der Waals surface area contributed by atoms with E-state index in [2.05, 4.69) is 0 Å². The molecule has 14 heavy (non-hydrogen) atoms. The summed E-state index contributed by atoms with van der Waals surface area (Å²) >= 11 is 5.41. The van der Waals surface area contributed by atoms with Crippen LogP contribution in [0.4, 0.5) is 13.2 Å². The maximum Gasteiger partial charge on any atom is 0.264 e. The minimum absolute atomic E-state index is 0.443. The molecule has 0 amide bonds. The van der Waals surface area contributed by atoms with Gasteiger partial charge < -0.3 is 0 Å². The zero-order valence-corrected chi connectivity index (χ0v) is 7.91. The number of ketones is 1. The molecular formula is C9H6ClF3O. The molecule has 0 N–H and O–H groups in total. The van der Waals surface area contributed by atoms with Gasteiger partial charge in [0.15, 0.2) is 5.78 Å². The van der Waals surface area contributed by atoms with Crippen molar-refractivity contribution in [1.29, 1.82) is 0 Å². The molecule has 0 saturated heterocycles. The maximum absolute atomic E-state index is 12.9. The Hall–Kier alpha value is -1.03. The van der Waals surface area contributed by atoms with Gasteiger partial charge in [0.1, 0.15) is 5.82 Å². The first-order valence-corrected chi connectivity index (χ1v) is 4.10. The summed E-state index contributed by atoms with van der Waals surface area (Å²) in [4.78, 5) is 11.0. The van der Waals surface area contributed by atoms with E-state index >= 15 is 0 Å². The lowest BCUT2D eigenvalue weighted by Gasteiger charge is -2.08. The molecule has 0 aliphatic carbocycles. The average molecular weight is 223 g/mol. The molecule has 1 rings (SSSR count). The Balaban J connectivity index is 3.45. The predicted molar refractivity (Wildman–Crippen MR) is 46.4 cm³/mol. The molecule has 1 nitrogen and oxygen atoms in total. The number of hydrogen-bond acceptors (Lipinski definition) is 1. The predicted octanol–water partition coefficient (Wildman–Crippen LogP) is 3.62. The Morgan fingerprint density at radius 2 is 2.00 bits per heavy atom. The topological polar surface area (TPSA) is 17.1 Å². The van der Waals surface area contributed by atoms with Crippen LogP contribution in [0, 0.1) is 5.82 Å². The van der Waals surface area contributed by atoms with Crippen LogP contribution in [0.15, 0.2) is 12.1 Å². The summed E-state index contributed by atoms with van der Waals surface area (Å²) in [6, 6.07) is 1.68. The van der Waals surface area contributed by atoms with Gasteiger partial charge in [-0.05, 0) is 19.1 Å². The minimum Gasteiger partial charge on any atom is -0.294 e. The van der Waals surface area contributed by atoms with Gasteiger partial charge in [-0.3, -0.25) is 4.79 Å². The van der Waals surface area contributed by atoms with Gasteiger partial charge >= 0.3 is 0 Å². The van der Waals surface area contributed by atoms with Crippen molar-refractivity contribution >= 4 is 17.4 Å². The van der Waals surface area contributed by atoms with Gasteiger partial charge in [0.2, 0.25) is 0 Å². The third-order valence-corrected chi connectivity index (χ3v) is 2.08. The van der Waals surface area contributed by atoms with Gasteiger partial charge in [0, 0.05) is 11.1 Å². The van der Waals surface area contributed by atoms with Gasteiger partial charge in [-0.2, -0.15) is 0 Å². The lowest BCUT2D eigenvalue weighted by atomic mass is 10.0. The second-order valence-corrected chi connectivity index (χ2v) is 3.06. The van der Waals surface area contributed by atoms with Crippen LogP contribution in [0.25, 0.3) is 0 Å². The van der Waals surface area contributed by atoms with Crippen molar-refractivity contribution in [2.24, 2.45) is 0 Å². The lowest BCUT2D eigenvalue weighted by Crippen LogP contribution is -2.02. The second kappa shape index (κ2) is 4.00. The summed E-state index contributed by atoms with van der Waals surface area (Å²) in [5.74, 6) is -1.55. The number of alkyl halides is 2. The standard InChI is InChI=1S/C9H6ClF3O/c1-4(14)7-5(9(12)13)2-3-6(11)8(7)10/h2-3,9H,1H3. The number of benzene rings is 1. The van der Waals surface area contributed by atoms with E-state index in [0.717, 1.165) is 19.1 Å². The molecule has 5 heteroatoms. The van der Waals surface area contributed by atoms with E-state index in [4.69, 9.17) is 11.6 Å². The highest BCUT2D eigenvalue weighted by Gasteiger charge is 2.21. The van der Waals surface area contributed by atoms with Crippen LogP contribution in [0.1, 0.15) is 29.3 Å². The molecule has 0 radical (unpaired) electrons. The molecule has 0 bridgehead atoms. The van der Waals surface area contributed by atoms with Gasteiger partial charge in [-0.1, -0.05) is 11.6 Å². The third kappa shape index (κ3) is 1.90. The van der Waals surface area contributed by atoms with Crippen LogP contribution < -0.4 is 0 Å². The fourth-order valence-electron chi connectivity index (χ4n) is 1.11. The Morgan fingerprint density at radius 1 is 1.43 bits per heavy atom. The Kier molecular flexibility index (Phi) is 3.16. The molecule has 1 aromatic carbocycles. The number of hydrogen-bond donors (Lipinski definition) is 0. The molecule has 0 aliphatic rings. The van der Waals surface area contributed by atoms with Crippen molar-refractivity contribution < 1.29 is 18.0 Å². The van der Waals surface area contributed by atoms with E-state index < -0.39 is 34.2 Å². The zero-order valence-electron chi connectivity index (χ0n) is 7.15. The van der Waals surface area contributed by atoms with Gasteiger partial charge in [0.25, 0.3) is 6.43 Å². The minimum atomic E-state index is -2.84. The first-order valence-electron chi connectivity index (χ1n) is 3.72. The molecule has 0 atom stereocenters. The van der Waals surface area contributed by atoms with Crippen molar-refractivity contribution in [3.05, 3.63) is 34.1 Å². The smallest absolute Gasteiger partial charge is 0.264 e. The average Bonchev–Trinajstić information content (AvgIpc) is 2.08. The van der Waals surface area contributed by atoms with E-state index in [-0.39, 0.29) is 0 Å². The lowest BCUT2D eigenvalue weighted by molar-refractivity contribution is 0.0998. The molecule has 0 aliphatic heterocycles. The summed E-state index contributed by atoms with van der Waals surface area (Å²) in [7, 11) is 0. The molecule has 0 spiro atoms. The fraction of sp³-hybridized carbons (Fsp3) is 0.222. The summed E-state index contributed by atoms with van der Waals surface area (Å²) < 4.78 is 37.6. The molecule has 1 aromatic rings. The highest BCUT2D eigenvalue weighted by Crippen LogP contribution is 2.30. The van der Waals surface area contributed by atoms with Crippen LogP contribution in [0.5, 0.6) is 0 Å². The van der Waals surface area contributed by atoms with E-state index in [1.807, 2.05) is 0 Å². The van der Waals surface area contributed by atoms with Crippen molar-refractivity contribution in [2.75, 3.05) is 0 Å². The van der Waals surface area contributed by atoms with Crippen molar-refractivity contribution in [1.82, 2.24) is 0 Å². The fourth-order valence-corrected chi connectivity index (χ4v) is 1.41. The summed E-state index contributed by atoms with van der Waals surface area (Å²) in [5, 5.41) is -0.546. The highest BCUT2D eigenvalue weighted by molar-refractivity contribution is 6.34. The van der Waals surface area contributed by atoms with E-state index in [1.165, 1.54) is 0 Å². The van der Waals surface area contributed by atoms with Crippen molar-refractivity contribution in [3.63, 3.8) is 0 Å². The molecule has 0 aromatic heterocycles. The maximum atomic E-state index is 12.9. The van der Waals surface area contributed by atoms with Crippen LogP contribution in [-0.4, -0.2) is 5.78 Å². The first kappa shape index (κ1) is 11.0. The molecule has 0 heterocycles. The van der Waals surface area contributed by atoms with E-state index in [9.17, 15) is 18.0 Å². The number of rotatable bonds is 2. The Labute approximate surface area is 83.5 Å². The normalized spacial score (nSPS) is 10.7. The van der Waals surface area contributed by atoms with Crippen LogP contribution in [0.3, 0.4) is 0 Å². The van der Waals surface area contributed by atoms with Crippen molar-refractivity contribution in [3.8, 4) is 0 Å². The highest BCUT2D eigenvalue weighted by atomic mass is 35.5. The summed E-state index contributed by atoms with van der Waals surface area (Å²) in [5.41, 5.74) is -0.981. The Morgan fingerprint density at radius 3 is 2.43 bits per heavy atom. The number of halogens is 4. The van der Waals surface area contributed by atoms with Crippen LogP contribution in [-0.2, 0) is 0 Å². The second-order valence-electron chi connectivity index (χ2n) is 2.68. The van der Waals surface area contributed by atoms with Gasteiger partial charge in [-0.15, -0.1) is 0 Å². The first-order chi connectivity index (χ1) is 6.45. The monoisotopic (exact) mass is 222 g/mol. The number of carbonyl (C=O) groups excluding carboxylic acids is 1. The Bertz CT molecular complexity index is 377. The SMILES string of the molecule is CC(=O)c1c(C(F)F)ccc(F)c1Cl. The molecule has 0 saturated carbocycles. The molecular weight excluding hydrogens is 217 g/mol. The van der Waals surface area contributed by atoms with Crippen LogP contribution in [0.2, 0.25) is 5.02 Å². The van der Waals surface area contributed by atoms with Gasteiger partial charge in [-0.25, -0.2) is 13.2 Å². The largest absolute Gasteiger partial charge is 0.294 e. The van der Waals surface area contributed by atoms with Crippen molar-refractivity contribution in [2.45, 2.75) is 13.3 Å². The van der Waals surface area contributed by atoms with E-state index in [1.54, 1.807) is 0 Å². The van der Waals surface area contributed by atoms with E-state index in [0.29, 0.717) is 0 Å². The molecule has 0 fully saturated rings. The summed E-state index contributed by atoms with van der Waals surface area (Å²) in [6.07, 6.45) is -2.84. The quantitative estimate of drug-likeness (QED) is 0.699.